The molecule has 1 aliphatic heterocycles. The number of hydrogen-bond acceptors (Lipinski definition) is 1. The van der Waals surface area contributed by atoms with Crippen LogP contribution in [0, 0.1) is 0 Å². The van der Waals surface area contributed by atoms with Gasteiger partial charge in [0.2, 0.25) is 0 Å². The van der Waals surface area contributed by atoms with Crippen LogP contribution in [0.1, 0.15) is 38.5 Å². The molecule has 1 N–H and O–H groups in total. The highest BCUT2D eigenvalue weighted by molar-refractivity contribution is 5.28. The first-order valence-corrected chi connectivity index (χ1v) is 4.89. The van der Waals surface area contributed by atoms with Gasteiger partial charge in [-0.25, -0.2) is 0 Å². The Kier molecular flexibility index (Phi) is 1.19. The van der Waals surface area contributed by atoms with Crippen molar-refractivity contribution in [3.8, 4) is 0 Å². The van der Waals surface area contributed by atoms with E-state index in [0.29, 0.717) is 0 Å². The van der Waals surface area contributed by atoms with Crippen molar-refractivity contribution in [1.29, 1.82) is 0 Å². The zero-order valence-corrected chi connectivity index (χ0v) is 6.90. The number of fused-ring (bicyclic) bond motifs is 1. The lowest BCUT2D eigenvalue weighted by Crippen LogP contribution is -2.11. The zero-order valence-electron chi connectivity index (χ0n) is 6.90. The average molecular weight is 149 g/mol. The van der Waals surface area contributed by atoms with E-state index >= 15 is 0 Å². The lowest BCUT2D eigenvalue weighted by atomic mass is 9.82. The molecular weight excluding hydrogens is 134 g/mol. The highest BCUT2D eigenvalue weighted by Crippen LogP contribution is 2.40. The monoisotopic (exact) mass is 149 g/mol. The SMILES string of the molecule is C1CCC2=C(C1)CC1NC1C2. The average Bonchev–Trinajstić information content (AvgIpc) is 2.77. The van der Waals surface area contributed by atoms with Crippen molar-refractivity contribution < 1.29 is 0 Å². The molecule has 2 unspecified atom stereocenters. The van der Waals surface area contributed by atoms with Gasteiger partial charge in [-0.2, -0.15) is 0 Å². The lowest BCUT2D eigenvalue weighted by molar-refractivity contribution is 0.596. The quantitative estimate of drug-likeness (QED) is 0.413. The first-order chi connectivity index (χ1) is 5.43. The number of nitrogens with one attached hydrogen (secondary N) is 1. The summed E-state index contributed by atoms with van der Waals surface area (Å²) in [6.07, 6.45) is 8.52. The van der Waals surface area contributed by atoms with E-state index < -0.39 is 0 Å². The van der Waals surface area contributed by atoms with Crippen molar-refractivity contribution in [3.63, 3.8) is 0 Å². The second-order valence-electron chi connectivity index (χ2n) is 4.20. The van der Waals surface area contributed by atoms with Gasteiger partial charge < -0.3 is 5.32 Å². The highest BCUT2D eigenvalue weighted by atomic mass is 15.1. The normalized spacial score (nSPS) is 41.5. The third-order valence-electron chi connectivity index (χ3n) is 3.44. The van der Waals surface area contributed by atoms with Crippen LogP contribution in [0.2, 0.25) is 0 Å². The standard InChI is InChI=1S/C10H15N/c1-2-4-8-6-10-9(11-10)5-7(8)3-1/h9-11H,1-6H2. The van der Waals surface area contributed by atoms with E-state index in [9.17, 15) is 0 Å². The second-order valence-corrected chi connectivity index (χ2v) is 4.20. The van der Waals surface area contributed by atoms with Crippen molar-refractivity contribution in [3.05, 3.63) is 11.1 Å². The van der Waals surface area contributed by atoms with Crippen LogP contribution in [-0.2, 0) is 0 Å². The van der Waals surface area contributed by atoms with Gasteiger partial charge >= 0.3 is 0 Å². The van der Waals surface area contributed by atoms with Crippen molar-refractivity contribution in [2.75, 3.05) is 0 Å². The van der Waals surface area contributed by atoms with Gasteiger partial charge in [0.05, 0.1) is 0 Å². The predicted octanol–water partition coefficient (Wildman–Crippen LogP) is 1.99. The maximum Gasteiger partial charge on any atom is 0.0265 e. The largest absolute Gasteiger partial charge is 0.307 e. The molecule has 3 aliphatic rings. The maximum atomic E-state index is 3.55. The van der Waals surface area contributed by atoms with E-state index in [-0.39, 0.29) is 0 Å². The minimum Gasteiger partial charge on any atom is -0.307 e. The van der Waals surface area contributed by atoms with Crippen LogP contribution in [0.25, 0.3) is 0 Å². The summed E-state index contributed by atoms with van der Waals surface area (Å²) in [6, 6.07) is 1.79. The Bertz CT molecular complexity index is 195. The molecule has 2 atom stereocenters. The van der Waals surface area contributed by atoms with Gasteiger partial charge in [-0.1, -0.05) is 11.1 Å². The third-order valence-corrected chi connectivity index (χ3v) is 3.44. The van der Waals surface area contributed by atoms with E-state index in [1.54, 1.807) is 0 Å². The lowest BCUT2D eigenvalue weighted by Gasteiger charge is -2.23. The summed E-state index contributed by atoms with van der Waals surface area (Å²) in [5, 5.41) is 3.55. The van der Waals surface area contributed by atoms with Gasteiger partial charge in [-0.15, -0.1) is 0 Å². The molecule has 1 saturated heterocycles. The van der Waals surface area contributed by atoms with Gasteiger partial charge in [0.15, 0.2) is 0 Å². The van der Waals surface area contributed by atoms with Gasteiger partial charge in [0.1, 0.15) is 0 Å². The van der Waals surface area contributed by atoms with Crippen molar-refractivity contribution in [2.24, 2.45) is 0 Å². The summed E-state index contributed by atoms with van der Waals surface area (Å²) in [4.78, 5) is 0. The van der Waals surface area contributed by atoms with E-state index in [4.69, 9.17) is 0 Å². The van der Waals surface area contributed by atoms with E-state index in [1.165, 1.54) is 38.5 Å². The van der Waals surface area contributed by atoms with Crippen LogP contribution in [0.3, 0.4) is 0 Å². The molecule has 0 bridgehead atoms. The van der Waals surface area contributed by atoms with Gasteiger partial charge in [-0.3, -0.25) is 0 Å². The molecule has 1 nitrogen and oxygen atoms in total. The van der Waals surface area contributed by atoms with Crippen molar-refractivity contribution in [1.82, 2.24) is 5.32 Å². The Morgan fingerprint density at radius 3 is 2.00 bits per heavy atom. The molecule has 1 heterocycles. The molecule has 0 aromatic heterocycles. The van der Waals surface area contributed by atoms with Gasteiger partial charge in [0.25, 0.3) is 0 Å². The van der Waals surface area contributed by atoms with Crippen molar-refractivity contribution in [2.45, 2.75) is 50.6 Å². The van der Waals surface area contributed by atoms with Crippen LogP contribution in [0.4, 0.5) is 0 Å². The zero-order chi connectivity index (χ0) is 7.26. The molecule has 3 rings (SSSR count). The smallest absolute Gasteiger partial charge is 0.0265 e. The Morgan fingerprint density at radius 2 is 1.45 bits per heavy atom. The summed E-state index contributed by atoms with van der Waals surface area (Å²) >= 11 is 0. The summed E-state index contributed by atoms with van der Waals surface area (Å²) in [7, 11) is 0. The van der Waals surface area contributed by atoms with E-state index in [2.05, 4.69) is 5.32 Å². The molecule has 0 spiro atoms. The molecule has 0 aromatic carbocycles. The molecular formula is C10H15N. The Hall–Kier alpha value is -0.300. The van der Waals surface area contributed by atoms with Gasteiger partial charge in [0, 0.05) is 12.1 Å². The molecule has 1 fully saturated rings. The minimum atomic E-state index is 0.895. The van der Waals surface area contributed by atoms with Crippen LogP contribution < -0.4 is 5.32 Å². The highest BCUT2D eigenvalue weighted by Gasteiger charge is 2.41. The maximum absolute atomic E-state index is 3.55. The third kappa shape index (κ3) is 0.943. The predicted molar refractivity (Wildman–Crippen MR) is 45.4 cm³/mol. The first kappa shape index (κ1) is 6.24. The minimum absolute atomic E-state index is 0.895. The second kappa shape index (κ2) is 2.10. The summed E-state index contributed by atoms with van der Waals surface area (Å²) in [6.45, 7) is 0. The van der Waals surface area contributed by atoms with E-state index in [0.717, 1.165) is 12.1 Å². The first-order valence-electron chi connectivity index (χ1n) is 4.89. The van der Waals surface area contributed by atoms with Crippen LogP contribution in [-0.4, -0.2) is 12.1 Å². The molecule has 0 saturated carbocycles. The Morgan fingerprint density at radius 1 is 0.909 bits per heavy atom. The molecule has 1 heteroatoms. The fraction of sp³-hybridized carbons (Fsp3) is 0.800. The van der Waals surface area contributed by atoms with Crippen molar-refractivity contribution >= 4 is 0 Å². The van der Waals surface area contributed by atoms with Crippen LogP contribution in [0.5, 0.6) is 0 Å². The Balaban J connectivity index is 1.88. The number of rotatable bonds is 0. The van der Waals surface area contributed by atoms with Crippen LogP contribution >= 0.6 is 0 Å². The van der Waals surface area contributed by atoms with E-state index in [1.807, 2.05) is 11.1 Å². The molecule has 11 heavy (non-hydrogen) atoms. The molecule has 0 amide bonds. The fourth-order valence-electron chi connectivity index (χ4n) is 2.68. The molecule has 0 radical (unpaired) electrons. The molecule has 0 aromatic rings. The summed E-state index contributed by atoms with van der Waals surface area (Å²) in [5.41, 5.74) is 3.64. The van der Waals surface area contributed by atoms with Crippen LogP contribution in [0.15, 0.2) is 11.1 Å². The number of hydrogen-bond donors (Lipinski definition) is 1. The molecule has 2 aliphatic carbocycles. The molecule has 60 valence electrons. The summed E-state index contributed by atoms with van der Waals surface area (Å²) < 4.78 is 0. The topological polar surface area (TPSA) is 21.9 Å². The summed E-state index contributed by atoms with van der Waals surface area (Å²) in [5.74, 6) is 0. The fourth-order valence-corrected chi connectivity index (χ4v) is 2.68. The Labute approximate surface area is 67.9 Å². The van der Waals surface area contributed by atoms with Gasteiger partial charge in [-0.05, 0) is 38.5 Å².